The molecular weight excluding hydrogens is 241 g/mol. The molecule has 0 radical (unpaired) electrons. The van der Waals surface area contributed by atoms with E-state index in [0.717, 1.165) is 0 Å². The minimum Gasteiger partial charge on any atom is -0.497 e. The Hall–Kier alpha value is -1.97. The molecule has 0 fully saturated rings. The third-order valence-corrected chi connectivity index (χ3v) is 2.62. The van der Waals surface area contributed by atoms with Crippen LogP contribution in [0.4, 0.5) is 13.2 Å². The van der Waals surface area contributed by atoms with Crippen LogP contribution in [0.1, 0.15) is 12.0 Å². The quantitative estimate of drug-likeness (QED) is 0.784. The molecule has 0 N–H and O–H groups in total. The molecule has 0 bridgehead atoms. The van der Waals surface area contributed by atoms with E-state index in [1.807, 2.05) is 0 Å². The fourth-order valence-corrected chi connectivity index (χ4v) is 1.69. The average Bonchev–Trinajstić information content (AvgIpc) is 2.39. The summed E-state index contributed by atoms with van der Waals surface area (Å²) in [5, 5.41) is 0. The van der Waals surface area contributed by atoms with Gasteiger partial charge < -0.3 is 4.74 Å². The number of benzene rings is 2. The molecule has 0 aliphatic heterocycles. The summed E-state index contributed by atoms with van der Waals surface area (Å²) in [6.07, 6.45) is -2.57. The highest BCUT2D eigenvalue weighted by atomic mass is 19.3. The number of rotatable bonds is 3. The first-order valence-electron chi connectivity index (χ1n) is 5.34. The number of ether oxygens (including phenoxy) is 1. The number of hydrogen-bond donors (Lipinski definition) is 0. The third-order valence-electron chi connectivity index (χ3n) is 2.62. The minimum absolute atomic E-state index is 0.130. The van der Waals surface area contributed by atoms with Gasteiger partial charge in [-0.15, -0.1) is 0 Å². The molecule has 94 valence electrons. The molecule has 1 nitrogen and oxygen atoms in total. The van der Waals surface area contributed by atoms with Gasteiger partial charge >= 0.3 is 0 Å². The zero-order chi connectivity index (χ0) is 13.1. The van der Waals surface area contributed by atoms with Gasteiger partial charge in [0.15, 0.2) is 0 Å². The van der Waals surface area contributed by atoms with Crippen LogP contribution in [0.2, 0.25) is 0 Å². The number of halogens is 3. The predicted octanol–water partition coefficient (Wildman–Crippen LogP) is 4.44. The second kappa shape index (κ2) is 5.12. The molecule has 2 aromatic carbocycles. The lowest BCUT2D eigenvalue weighted by Gasteiger charge is -2.08. The van der Waals surface area contributed by atoms with Crippen molar-refractivity contribution in [3.05, 3.63) is 53.8 Å². The summed E-state index contributed by atoms with van der Waals surface area (Å²) < 4.78 is 43.9. The molecule has 0 atom stereocenters. The molecule has 0 saturated heterocycles. The predicted molar refractivity (Wildman–Crippen MR) is 63.3 cm³/mol. The van der Waals surface area contributed by atoms with Crippen molar-refractivity contribution in [2.75, 3.05) is 7.11 Å². The van der Waals surface area contributed by atoms with E-state index in [-0.39, 0.29) is 11.1 Å². The van der Waals surface area contributed by atoms with Crippen molar-refractivity contribution < 1.29 is 17.9 Å². The van der Waals surface area contributed by atoms with Crippen LogP contribution >= 0.6 is 0 Å². The van der Waals surface area contributed by atoms with Crippen molar-refractivity contribution in [1.82, 2.24) is 0 Å². The van der Waals surface area contributed by atoms with Crippen LogP contribution in [0.5, 0.6) is 5.75 Å². The van der Waals surface area contributed by atoms with Crippen molar-refractivity contribution in [1.29, 1.82) is 0 Å². The van der Waals surface area contributed by atoms with Gasteiger partial charge in [0.1, 0.15) is 11.6 Å². The molecule has 0 aliphatic carbocycles. The van der Waals surface area contributed by atoms with Crippen LogP contribution in [0.25, 0.3) is 11.1 Å². The van der Waals surface area contributed by atoms with Crippen LogP contribution in [-0.2, 0) is 0 Å². The summed E-state index contributed by atoms with van der Waals surface area (Å²) in [7, 11) is 1.46. The van der Waals surface area contributed by atoms with Gasteiger partial charge in [0.2, 0.25) is 0 Å². The number of hydrogen-bond acceptors (Lipinski definition) is 1. The maximum atomic E-state index is 13.7. The van der Waals surface area contributed by atoms with Crippen LogP contribution in [0.3, 0.4) is 0 Å². The first-order chi connectivity index (χ1) is 8.61. The second-order valence-corrected chi connectivity index (χ2v) is 3.77. The molecule has 4 heteroatoms. The highest BCUT2D eigenvalue weighted by Crippen LogP contribution is 2.29. The fourth-order valence-electron chi connectivity index (χ4n) is 1.69. The van der Waals surface area contributed by atoms with E-state index in [1.165, 1.54) is 43.5 Å². The molecule has 0 aromatic heterocycles. The lowest BCUT2D eigenvalue weighted by Crippen LogP contribution is -1.90. The van der Waals surface area contributed by atoms with E-state index in [2.05, 4.69) is 0 Å². The zero-order valence-corrected chi connectivity index (χ0v) is 9.66. The summed E-state index contributed by atoms with van der Waals surface area (Å²) >= 11 is 0. The SMILES string of the molecule is COc1ccc(F)c(-c2cccc(C(F)F)c2)c1. The topological polar surface area (TPSA) is 9.23 Å². The molecule has 2 aromatic rings. The van der Waals surface area contributed by atoms with Crippen molar-refractivity contribution >= 4 is 0 Å². The van der Waals surface area contributed by atoms with Gasteiger partial charge in [-0.1, -0.05) is 18.2 Å². The summed E-state index contributed by atoms with van der Waals surface area (Å²) in [5.74, 6) is 0.0102. The maximum Gasteiger partial charge on any atom is 0.263 e. The Morgan fingerprint density at radius 1 is 1.06 bits per heavy atom. The first kappa shape index (κ1) is 12.5. The van der Waals surface area contributed by atoms with Gasteiger partial charge in [0.05, 0.1) is 7.11 Å². The van der Waals surface area contributed by atoms with Crippen LogP contribution in [0.15, 0.2) is 42.5 Å². The lowest BCUT2D eigenvalue weighted by molar-refractivity contribution is 0.151. The summed E-state index contributed by atoms with van der Waals surface area (Å²) in [5.41, 5.74) is 0.524. The van der Waals surface area contributed by atoms with Crippen molar-refractivity contribution in [3.63, 3.8) is 0 Å². The molecule has 0 heterocycles. The Morgan fingerprint density at radius 3 is 2.50 bits per heavy atom. The van der Waals surface area contributed by atoms with Crippen LogP contribution < -0.4 is 4.74 Å². The summed E-state index contributed by atoms with van der Waals surface area (Å²) in [6, 6.07) is 9.88. The molecule has 0 aliphatic rings. The highest BCUT2D eigenvalue weighted by Gasteiger charge is 2.11. The summed E-state index contributed by atoms with van der Waals surface area (Å²) in [4.78, 5) is 0. The fraction of sp³-hybridized carbons (Fsp3) is 0.143. The Bertz CT molecular complexity index is 552. The zero-order valence-electron chi connectivity index (χ0n) is 9.66. The number of alkyl halides is 2. The maximum absolute atomic E-state index is 13.7. The van der Waals surface area contributed by atoms with Gasteiger partial charge in [-0.3, -0.25) is 0 Å². The van der Waals surface area contributed by atoms with Gasteiger partial charge in [-0.05, 0) is 29.8 Å². The second-order valence-electron chi connectivity index (χ2n) is 3.77. The summed E-state index contributed by atoms with van der Waals surface area (Å²) in [6.45, 7) is 0. The molecular formula is C14H11F3O. The Kier molecular flexibility index (Phi) is 3.55. The Morgan fingerprint density at radius 2 is 1.83 bits per heavy atom. The molecule has 0 spiro atoms. The standard InChI is InChI=1S/C14H11F3O/c1-18-11-5-6-13(15)12(8-11)9-3-2-4-10(7-9)14(16)17/h2-8,14H,1H3. The van der Waals surface area contributed by atoms with Gasteiger partial charge in [-0.2, -0.15) is 0 Å². The van der Waals surface area contributed by atoms with Crippen molar-refractivity contribution in [2.45, 2.75) is 6.43 Å². The molecule has 2 rings (SSSR count). The molecule has 0 amide bonds. The van der Waals surface area contributed by atoms with Gasteiger partial charge in [0.25, 0.3) is 6.43 Å². The molecule has 18 heavy (non-hydrogen) atoms. The van der Waals surface area contributed by atoms with Crippen LogP contribution in [-0.4, -0.2) is 7.11 Å². The van der Waals surface area contributed by atoms with Crippen molar-refractivity contribution in [2.24, 2.45) is 0 Å². The van der Waals surface area contributed by atoms with Gasteiger partial charge in [0, 0.05) is 11.1 Å². The first-order valence-corrected chi connectivity index (χ1v) is 5.34. The Labute approximate surface area is 103 Å². The smallest absolute Gasteiger partial charge is 0.263 e. The third kappa shape index (κ3) is 2.47. The average molecular weight is 252 g/mol. The normalized spacial score (nSPS) is 10.7. The Balaban J connectivity index is 2.50. The lowest BCUT2D eigenvalue weighted by atomic mass is 10.0. The highest BCUT2D eigenvalue weighted by molar-refractivity contribution is 5.66. The van der Waals surface area contributed by atoms with Crippen LogP contribution in [0, 0.1) is 5.82 Å². The van der Waals surface area contributed by atoms with E-state index in [1.54, 1.807) is 6.07 Å². The van der Waals surface area contributed by atoms with E-state index >= 15 is 0 Å². The number of methoxy groups -OCH3 is 1. The molecule has 0 unspecified atom stereocenters. The van der Waals surface area contributed by atoms with Crippen molar-refractivity contribution in [3.8, 4) is 16.9 Å². The van der Waals surface area contributed by atoms with E-state index < -0.39 is 12.2 Å². The largest absolute Gasteiger partial charge is 0.497 e. The van der Waals surface area contributed by atoms with E-state index in [4.69, 9.17) is 4.74 Å². The minimum atomic E-state index is -2.57. The van der Waals surface area contributed by atoms with E-state index in [0.29, 0.717) is 11.3 Å². The van der Waals surface area contributed by atoms with Gasteiger partial charge in [-0.25, -0.2) is 13.2 Å². The monoisotopic (exact) mass is 252 g/mol. The molecule has 0 saturated carbocycles. The van der Waals surface area contributed by atoms with E-state index in [9.17, 15) is 13.2 Å².